The van der Waals surface area contributed by atoms with Gasteiger partial charge in [0.05, 0.1) is 9.79 Å². The minimum absolute atomic E-state index is 0.0325. The van der Waals surface area contributed by atoms with Crippen molar-refractivity contribution in [1.29, 1.82) is 0 Å². The van der Waals surface area contributed by atoms with Crippen molar-refractivity contribution in [2.75, 3.05) is 0 Å². The number of rotatable bonds is 2. The van der Waals surface area contributed by atoms with Gasteiger partial charge >= 0.3 is 0 Å². The number of aromatic hydroxyl groups is 2. The van der Waals surface area contributed by atoms with Crippen LogP contribution in [0.15, 0.2) is 82.6 Å². The Morgan fingerprint density at radius 2 is 0.880 bits per heavy atom. The number of hydrogen-bond donors (Lipinski definition) is 2. The quantitative estimate of drug-likeness (QED) is 0.567. The number of phenolic OH excluding ortho intramolecular Hbond substituents is 2. The summed E-state index contributed by atoms with van der Waals surface area (Å²) in [6.07, 6.45) is 0. The minimum Gasteiger partial charge on any atom is -0.507 e. The normalized spacial score (nSPS) is 11.8. The molecule has 0 fully saturated rings. The molecule has 0 bridgehead atoms. The molecule has 0 atom stereocenters. The summed E-state index contributed by atoms with van der Waals surface area (Å²) >= 11 is 0. The predicted molar refractivity (Wildman–Crippen MR) is 96.7 cm³/mol. The van der Waals surface area contributed by atoms with E-state index in [2.05, 4.69) is 0 Å². The van der Waals surface area contributed by atoms with Gasteiger partial charge in [0.15, 0.2) is 0 Å². The van der Waals surface area contributed by atoms with Crippen molar-refractivity contribution in [3.63, 3.8) is 0 Å². The number of fused-ring (bicyclic) bond motifs is 2. The summed E-state index contributed by atoms with van der Waals surface area (Å²) in [5.74, 6) is 0.0650. The van der Waals surface area contributed by atoms with Crippen LogP contribution in [0.25, 0.3) is 21.5 Å². The van der Waals surface area contributed by atoms with Crippen LogP contribution in [0.4, 0.5) is 0 Å². The van der Waals surface area contributed by atoms with Gasteiger partial charge in [-0.15, -0.1) is 0 Å². The van der Waals surface area contributed by atoms with Gasteiger partial charge in [0.1, 0.15) is 11.5 Å². The lowest BCUT2D eigenvalue weighted by Crippen LogP contribution is -2.04. The first-order valence-corrected chi connectivity index (χ1v) is 9.15. The largest absolute Gasteiger partial charge is 0.507 e. The van der Waals surface area contributed by atoms with Gasteiger partial charge in [0.25, 0.3) is 0 Å². The first kappa shape index (κ1) is 15.5. The number of phenols is 2. The van der Waals surface area contributed by atoms with Crippen molar-refractivity contribution in [1.82, 2.24) is 0 Å². The van der Waals surface area contributed by atoms with Crippen molar-refractivity contribution in [3.8, 4) is 11.5 Å². The lowest BCUT2D eigenvalue weighted by molar-refractivity contribution is 0.481. The third kappa shape index (κ3) is 2.32. The third-order valence-corrected chi connectivity index (χ3v) is 6.17. The standard InChI is InChI=1S/C20H14O4S/c21-17-9-11-19(15-7-3-1-5-13(15)17)25(23,24)20-12-10-18(22)14-6-2-4-8-16(14)20/h1-12,21-22H. The topological polar surface area (TPSA) is 74.6 Å². The molecule has 0 amide bonds. The van der Waals surface area contributed by atoms with Gasteiger partial charge in [0, 0.05) is 21.5 Å². The molecule has 0 spiro atoms. The van der Waals surface area contributed by atoms with Crippen LogP contribution in [0.3, 0.4) is 0 Å². The van der Waals surface area contributed by atoms with E-state index >= 15 is 0 Å². The van der Waals surface area contributed by atoms with E-state index in [0.29, 0.717) is 21.5 Å². The second-order valence-electron chi connectivity index (χ2n) is 5.76. The molecule has 5 heteroatoms. The lowest BCUT2D eigenvalue weighted by atomic mass is 10.1. The van der Waals surface area contributed by atoms with Gasteiger partial charge in [-0.25, -0.2) is 8.42 Å². The lowest BCUT2D eigenvalue weighted by Gasteiger charge is -2.12. The Bertz CT molecular complexity index is 1140. The van der Waals surface area contributed by atoms with E-state index in [1.54, 1.807) is 48.5 Å². The Labute approximate surface area is 144 Å². The maximum Gasteiger partial charge on any atom is 0.207 e. The second-order valence-corrected chi connectivity index (χ2v) is 7.65. The highest BCUT2D eigenvalue weighted by atomic mass is 32.2. The van der Waals surface area contributed by atoms with Gasteiger partial charge in [0.2, 0.25) is 9.84 Å². The molecule has 4 rings (SSSR count). The van der Waals surface area contributed by atoms with Gasteiger partial charge in [-0.3, -0.25) is 0 Å². The molecule has 4 aromatic carbocycles. The highest BCUT2D eigenvalue weighted by molar-refractivity contribution is 7.92. The molecular formula is C20H14O4S. The monoisotopic (exact) mass is 350 g/mol. The van der Waals surface area contributed by atoms with Crippen LogP contribution in [0.5, 0.6) is 11.5 Å². The molecule has 0 aliphatic rings. The maximum absolute atomic E-state index is 13.3. The molecule has 124 valence electrons. The van der Waals surface area contributed by atoms with Gasteiger partial charge in [-0.05, 0) is 24.3 Å². The summed E-state index contributed by atoms with van der Waals surface area (Å²) < 4.78 is 26.6. The zero-order chi connectivity index (χ0) is 17.6. The Morgan fingerprint density at radius 3 is 1.28 bits per heavy atom. The molecule has 4 aromatic rings. The van der Waals surface area contributed by atoms with Crippen LogP contribution in [0, 0.1) is 0 Å². The smallest absolute Gasteiger partial charge is 0.207 e. The molecule has 0 heterocycles. The van der Waals surface area contributed by atoms with Crippen molar-refractivity contribution in [2.24, 2.45) is 0 Å². The highest BCUT2D eigenvalue weighted by Crippen LogP contribution is 2.37. The zero-order valence-corrected chi connectivity index (χ0v) is 13.9. The molecule has 0 aromatic heterocycles. The molecule has 0 aliphatic carbocycles. The fourth-order valence-corrected chi connectivity index (χ4v) is 4.76. The fourth-order valence-electron chi connectivity index (χ4n) is 3.10. The average molecular weight is 350 g/mol. The molecule has 25 heavy (non-hydrogen) atoms. The summed E-state index contributed by atoms with van der Waals surface area (Å²) in [6, 6.07) is 19.2. The Hall–Kier alpha value is -3.05. The van der Waals surface area contributed by atoms with Crippen molar-refractivity contribution in [3.05, 3.63) is 72.8 Å². The van der Waals surface area contributed by atoms with Crippen molar-refractivity contribution < 1.29 is 18.6 Å². The van der Waals surface area contributed by atoms with Crippen LogP contribution in [0.2, 0.25) is 0 Å². The molecular weight excluding hydrogens is 336 g/mol. The number of sulfone groups is 1. The first-order chi connectivity index (χ1) is 12.0. The molecule has 0 unspecified atom stereocenters. The minimum atomic E-state index is -3.85. The number of benzene rings is 4. The summed E-state index contributed by atoms with van der Waals surface area (Å²) in [7, 11) is -3.85. The zero-order valence-electron chi connectivity index (χ0n) is 13.0. The van der Waals surface area contributed by atoms with Crippen LogP contribution < -0.4 is 0 Å². The van der Waals surface area contributed by atoms with E-state index in [1.165, 1.54) is 24.3 Å². The molecule has 0 saturated carbocycles. The Balaban J connectivity index is 2.08. The van der Waals surface area contributed by atoms with Crippen LogP contribution >= 0.6 is 0 Å². The molecule has 2 N–H and O–H groups in total. The summed E-state index contributed by atoms with van der Waals surface area (Å²) in [5.41, 5.74) is 0. The van der Waals surface area contributed by atoms with Crippen molar-refractivity contribution in [2.45, 2.75) is 9.79 Å². The summed E-state index contributed by atoms with van der Waals surface area (Å²) in [4.78, 5) is 0.244. The van der Waals surface area contributed by atoms with Crippen LogP contribution in [0.1, 0.15) is 0 Å². The number of hydrogen-bond acceptors (Lipinski definition) is 4. The van der Waals surface area contributed by atoms with Gasteiger partial charge < -0.3 is 10.2 Å². The van der Waals surface area contributed by atoms with E-state index in [0.717, 1.165) is 0 Å². The third-order valence-electron chi connectivity index (χ3n) is 4.30. The molecule has 4 nitrogen and oxygen atoms in total. The second kappa shape index (κ2) is 5.50. The highest BCUT2D eigenvalue weighted by Gasteiger charge is 2.24. The summed E-state index contributed by atoms with van der Waals surface area (Å²) in [6.45, 7) is 0. The average Bonchev–Trinajstić information content (AvgIpc) is 2.62. The van der Waals surface area contributed by atoms with Crippen LogP contribution in [-0.4, -0.2) is 18.6 Å². The van der Waals surface area contributed by atoms with Crippen LogP contribution in [-0.2, 0) is 9.84 Å². The maximum atomic E-state index is 13.3. The molecule has 0 saturated heterocycles. The van der Waals surface area contributed by atoms with E-state index in [-0.39, 0.29) is 21.3 Å². The van der Waals surface area contributed by atoms with E-state index in [4.69, 9.17) is 0 Å². The Kier molecular flexibility index (Phi) is 3.40. The molecule has 0 radical (unpaired) electrons. The predicted octanol–water partition coefficient (Wildman–Crippen LogP) is 4.24. The SMILES string of the molecule is O=S(=O)(c1ccc(O)c2ccccc12)c1ccc(O)c2ccccc12. The summed E-state index contributed by atoms with van der Waals surface area (Å²) in [5, 5.41) is 21.9. The Morgan fingerprint density at radius 1 is 0.520 bits per heavy atom. The fraction of sp³-hybridized carbons (Fsp3) is 0. The van der Waals surface area contributed by atoms with Gasteiger partial charge in [-0.1, -0.05) is 48.5 Å². The van der Waals surface area contributed by atoms with E-state index in [1.807, 2.05) is 0 Å². The van der Waals surface area contributed by atoms with Gasteiger partial charge in [-0.2, -0.15) is 0 Å². The van der Waals surface area contributed by atoms with Crippen molar-refractivity contribution >= 4 is 31.4 Å². The first-order valence-electron chi connectivity index (χ1n) is 7.66. The van der Waals surface area contributed by atoms with E-state index in [9.17, 15) is 18.6 Å². The molecule has 0 aliphatic heterocycles. The van der Waals surface area contributed by atoms with E-state index < -0.39 is 9.84 Å².